The quantitative estimate of drug-likeness (QED) is 0.104. The fourth-order valence-electron chi connectivity index (χ4n) is 6.23. The average Bonchev–Trinajstić information content (AvgIpc) is 3.03. The molecule has 1 fully saturated rings. The lowest BCUT2D eigenvalue weighted by Gasteiger charge is -2.30. The molecule has 0 saturated heterocycles. The predicted octanol–water partition coefficient (Wildman–Crippen LogP) is 8.11. The summed E-state index contributed by atoms with van der Waals surface area (Å²) in [5, 5.41) is 5.77. The van der Waals surface area contributed by atoms with E-state index in [1.54, 1.807) is 0 Å². The summed E-state index contributed by atoms with van der Waals surface area (Å²) in [7, 11) is -4.11. The molecule has 2 aromatic carbocycles. The van der Waals surface area contributed by atoms with Crippen molar-refractivity contribution in [2.24, 2.45) is 17.8 Å². The molecule has 0 bridgehead atoms. The third-order valence-corrected chi connectivity index (χ3v) is 9.94. The van der Waals surface area contributed by atoms with Crippen molar-refractivity contribution in [3.05, 3.63) is 59.7 Å². The number of carbonyl (C=O) groups is 2. The Kier molecular flexibility index (Phi) is 15.5. The van der Waals surface area contributed by atoms with Crippen LogP contribution in [0.3, 0.4) is 0 Å². The standard InChI is InChI=1S/C37H56N2O6S/c1-5-6-7-8-9-10-28(4)26-45-34-21-19-33(20-22-34)39-37(41)35(31-17-15-30(16-18-31)27(2)3)25-29-11-13-32(14-12-29)36(40)38-23-24-46(42,43)44/h15-22,27-29,32,35H,5-14,23-26H2,1-4H3,(H,38,40)(H,39,41)(H,42,43,44). The van der Waals surface area contributed by atoms with Crippen molar-refractivity contribution < 1.29 is 27.3 Å². The van der Waals surface area contributed by atoms with Gasteiger partial charge in [0.25, 0.3) is 10.1 Å². The van der Waals surface area contributed by atoms with Crippen LogP contribution in [0.25, 0.3) is 0 Å². The number of unbranched alkanes of at least 4 members (excludes halogenated alkanes) is 4. The second-order valence-corrected chi connectivity index (χ2v) is 15.1. The maximum absolute atomic E-state index is 13.8. The molecule has 9 heteroatoms. The molecule has 46 heavy (non-hydrogen) atoms. The number of hydrogen-bond donors (Lipinski definition) is 3. The largest absolute Gasteiger partial charge is 0.493 e. The minimum Gasteiger partial charge on any atom is -0.493 e. The topological polar surface area (TPSA) is 122 Å². The van der Waals surface area contributed by atoms with E-state index >= 15 is 0 Å². The van der Waals surface area contributed by atoms with E-state index in [1.807, 2.05) is 24.3 Å². The van der Waals surface area contributed by atoms with Crippen molar-refractivity contribution in [3.63, 3.8) is 0 Å². The Balaban J connectivity index is 1.57. The van der Waals surface area contributed by atoms with Crippen molar-refractivity contribution in [1.82, 2.24) is 5.32 Å². The molecule has 0 spiro atoms. The van der Waals surface area contributed by atoms with Gasteiger partial charge in [-0.15, -0.1) is 0 Å². The number of rotatable bonds is 19. The van der Waals surface area contributed by atoms with E-state index in [0.29, 0.717) is 37.7 Å². The van der Waals surface area contributed by atoms with Crippen LogP contribution in [0, 0.1) is 17.8 Å². The summed E-state index contributed by atoms with van der Waals surface area (Å²) in [5.74, 6) is 0.743. The highest BCUT2D eigenvalue weighted by Crippen LogP contribution is 2.37. The molecule has 256 valence electrons. The van der Waals surface area contributed by atoms with E-state index in [4.69, 9.17) is 9.29 Å². The van der Waals surface area contributed by atoms with E-state index in [-0.39, 0.29) is 36.1 Å². The van der Waals surface area contributed by atoms with Crippen molar-refractivity contribution in [2.75, 3.05) is 24.2 Å². The van der Waals surface area contributed by atoms with Gasteiger partial charge >= 0.3 is 0 Å². The van der Waals surface area contributed by atoms with Crippen LogP contribution >= 0.6 is 0 Å². The van der Waals surface area contributed by atoms with Gasteiger partial charge in [0, 0.05) is 18.2 Å². The molecular weight excluding hydrogens is 600 g/mol. The second-order valence-electron chi connectivity index (χ2n) is 13.5. The van der Waals surface area contributed by atoms with E-state index in [1.165, 1.54) is 44.1 Å². The number of nitrogens with one attached hydrogen (secondary N) is 2. The van der Waals surface area contributed by atoms with Gasteiger partial charge in [0.2, 0.25) is 11.8 Å². The van der Waals surface area contributed by atoms with Gasteiger partial charge in [-0.05, 0) is 91.7 Å². The van der Waals surface area contributed by atoms with E-state index < -0.39 is 15.9 Å². The molecule has 1 aliphatic rings. The van der Waals surface area contributed by atoms with Crippen molar-refractivity contribution >= 4 is 27.6 Å². The highest BCUT2D eigenvalue weighted by atomic mass is 32.2. The van der Waals surface area contributed by atoms with Crippen LogP contribution < -0.4 is 15.4 Å². The summed E-state index contributed by atoms with van der Waals surface area (Å²) in [5.41, 5.74) is 2.94. The Hall–Kier alpha value is -2.91. The van der Waals surface area contributed by atoms with Crippen molar-refractivity contribution in [3.8, 4) is 5.75 Å². The van der Waals surface area contributed by atoms with Gasteiger partial charge in [0.1, 0.15) is 5.75 Å². The first-order chi connectivity index (χ1) is 21.9. The van der Waals surface area contributed by atoms with Crippen LogP contribution in [-0.2, 0) is 19.7 Å². The summed E-state index contributed by atoms with van der Waals surface area (Å²) >= 11 is 0. The number of ether oxygens (including phenoxy) is 1. The Labute approximate surface area is 277 Å². The van der Waals surface area contributed by atoms with Crippen LogP contribution in [0.1, 0.15) is 121 Å². The molecule has 0 radical (unpaired) electrons. The highest BCUT2D eigenvalue weighted by molar-refractivity contribution is 7.85. The third-order valence-electron chi connectivity index (χ3n) is 9.22. The Morgan fingerprint density at radius 3 is 2.13 bits per heavy atom. The zero-order chi connectivity index (χ0) is 33.5. The summed E-state index contributed by atoms with van der Waals surface area (Å²) in [4.78, 5) is 26.3. The maximum Gasteiger partial charge on any atom is 0.266 e. The minimum atomic E-state index is -4.11. The van der Waals surface area contributed by atoms with Crippen LogP contribution in [-0.4, -0.2) is 43.7 Å². The summed E-state index contributed by atoms with van der Waals surface area (Å²) < 4.78 is 36.9. The van der Waals surface area contributed by atoms with Crippen LogP contribution in [0.4, 0.5) is 5.69 Å². The lowest BCUT2D eigenvalue weighted by atomic mass is 9.76. The molecule has 3 rings (SSSR count). The molecule has 8 nitrogen and oxygen atoms in total. The molecule has 0 heterocycles. The molecule has 1 aliphatic carbocycles. The Morgan fingerprint density at radius 2 is 1.52 bits per heavy atom. The molecule has 2 amide bonds. The van der Waals surface area contributed by atoms with Gasteiger partial charge in [0.15, 0.2) is 0 Å². The number of benzene rings is 2. The summed E-state index contributed by atoms with van der Waals surface area (Å²) in [6, 6.07) is 16.0. The van der Waals surface area contributed by atoms with Gasteiger partial charge in [-0.1, -0.05) is 84.1 Å². The van der Waals surface area contributed by atoms with E-state index in [9.17, 15) is 18.0 Å². The van der Waals surface area contributed by atoms with Gasteiger partial charge in [-0.2, -0.15) is 8.42 Å². The molecule has 0 aromatic heterocycles. The number of amides is 2. The van der Waals surface area contributed by atoms with Crippen molar-refractivity contribution in [1.29, 1.82) is 0 Å². The van der Waals surface area contributed by atoms with E-state index in [2.05, 4.69) is 62.6 Å². The van der Waals surface area contributed by atoms with E-state index in [0.717, 1.165) is 29.8 Å². The zero-order valence-corrected chi connectivity index (χ0v) is 29.1. The van der Waals surface area contributed by atoms with Crippen LogP contribution in [0.2, 0.25) is 0 Å². The third kappa shape index (κ3) is 13.4. The fourth-order valence-corrected chi connectivity index (χ4v) is 6.59. The zero-order valence-electron chi connectivity index (χ0n) is 28.3. The molecule has 3 N–H and O–H groups in total. The summed E-state index contributed by atoms with van der Waals surface area (Å²) in [6.45, 7) is 9.36. The monoisotopic (exact) mass is 656 g/mol. The van der Waals surface area contributed by atoms with Gasteiger partial charge in [0.05, 0.1) is 18.3 Å². The lowest BCUT2D eigenvalue weighted by Crippen LogP contribution is -2.36. The fraction of sp³-hybridized carbons (Fsp3) is 0.622. The first kappa shape index (κ1) is 37.5. The highest BCUT2D eigenvalue weighted by Gasteiger charge is 2.31. The normalized spacial score (nSPS) is 18.1. The average molecular weight is 657 g/mol. The first-order valence-corrected chi connectivity index (χ1v) is 18.9. The van der Waals surface area contributed by atoms with Gasteiger partial charge < -0.3 is 15.4 Å². The van der Waals surface area contributed by atoms with Gasteiger partial charge in [-0.3, -0.25) is 14.1 Å². The number of anilines is 1. The van der Waals surface area contributed by atoms with Crippen LogP contribution in [0.5, 0.6) is 5.75 Å². The number of carbonyl (C=O) groups excluding carboxylic acids is 2. The summed E-state index contributed by atoms with van der Waals surface area (Å²) in [6.07, 6.45) is 11.3. The molecule has 1 saturated carbocycles. The minimum absolute atomic E-state index is 0.0484. The lowest BCUT2D eigenvalue weighted by molar-refractivity contribution is -0.126. The Morgan fingerprint density at radius 1 is 0.891 bits per heavy atom. The van der Waals surface area contributed by atoms with Crippen LogP contribution in [0.15, 0.2) is 48.5 Å². The molecule has 0 aliphatic heterocycles. The Bertz CT molecular complexity index is 1300. The van der Waals surface area contributed by atoms with Gasteiger partial charge in [-0.25, -0.2) is 0 Å². The predicted molar refractivity (Wildman–Crippen MR) is 186 cm³/mol. The molecular formula is C37H56N2O6S. The first-order valence-electron chi connectivity index (χ1n) is 17.3. The molecule has 2 aromatic rings. The molecule has 2 unspecified atom stereocenters. The smallest absolute Gasteiger partial charge is 0.266 e. The van der Waals surface area contributed by atoms with Crippen molar-refractivity contribution in [2.45, 2.75) is 110 Å². The maximum atomic E-state index is 13.8. The molecule has 2 atom stereocenters. The number of hydrogen-bond acceptors (Lipinski definition) is 5. The SMILES string of the molecule is CCCCCCCC(C)COc1ccc(NC(=O)C(CC2CCC(C(=O)NCCS(=O)(=O)O)CC2)c2ccc(C(C)C)cc2)cc1. The second kappa shape index (κ2) is 19.0.